The molecule has 0 bridgehead atoms. The Morgan fingerprint density at radius 1 is 0.340 bits per heavy atom. The summed E-state index contributed by atoms with van der Waals surface area (Å²) in [5, 5.41) is -0.648. The molecule has 1 spiro atoms. The molecule has 0 amide bonds. The van der Waals surface area contributed by atoms with Crippen molar-refractivity contribution in [1.82, 2.24) is 0 Å². The monoisotopic (exact) mass is 864 g/mol. The first-order valence-corrected chi connectivity index (χ1v) is 24.3. The first kappa shape index (κ1) is 18.3. The fraction of sp³-hybridized carbons (Fsp3) is 0.0204. The number of rotatable bonds is 6. The van der Waals surface area contributed by atoms with Gasteiger partial charge < -0.3 is 0 Å². The zero-order valence-corrected chi connectivity index (χ0v) is 32.5. The maximum absolute atomic E-state index is 9.31. The van der Waals surface area contributed by atoms with Crippen LogP contribution in [-0.4, -0.2) is 30.2 Å². The van der Waals surface area contributed by atoms with Gasteiger partial charge in [-0.1, -0.05) is 0 Å². The third kappa shape index (κ3) is 4.81. The van der Waals surface area contributed by atoms with E-state index in [1.165, 1.54) is 0 Å². The molecule has 0 heterocycles. The van der Waals surface area contributed by atoms with Crippen LogP contribution in [0.4, 0.5) is 0 Å². The quantitative estimate of drug-likeness (QED) is 0.116. The molecule has 8 aromatic rings. The van der Waals surface area contributed by atoms with Crippen LogP contribution in [0.25, 0.3) is 22.3 Å². The first-order chi connectivity index (χ1) is 34.3. The Hall–Kier alpha value is -4.34. The summed E-state index contributed by atoms with van der Waals surface area (Å²) in [5.74, 6) is 0. The molecule has 0 N–H and O–H groups in total. The third-order valence-electron chi connectivity index (χ3n) is 9.99. The topological polar surface area (TPSA) is 0 Å². The normalized spacial score (nSPS) is 18.9. The average molecular weight is 863 g/mol. The van der Waals surface area contributed by atoms with Gasteiger partial charge in [0.2, 0.25) is 0 Å². The molecule has 4 heteroatoms. The Kier molecular flexibility index (Phi) is 4.46. The summed E-state index contributed by atoms with van der Waals surface area (Å²) < 4.78 is 179. The number of fused-ring (bicyclic) bond motifs is 10. The average Bonchev–Trinajstić information content (AvgIpc) is 3.85. The molecule has 53 heavy (non-hydrogen) atoms. The molecule has 0 nitrogen and oxygen atoms in total. The zero-order valence-electron chi connectivity index (χ0n) is 47.3. The van der Waals surface area contributed by atoms with Crippen molar-refractivity contribution in [2.24, 2.45) is 0 Å². The summed E-state index contributed by atoms with van der Waals surface area (Å²) in [6, 6.07) is 12.2. The SMILES string of the molecule is [2H]c1c([2H])c([2H])c(P(=[Se])(c2ccc3c(c2)C2(c4ccccc4-c4ccccc42)c2cc(P(=[Se])(c4c([2H])c([2H])c([2H])c([2H])c4[2H])c4c([2H])c([2H])c([2H])c([2H])c4[2H])ccc2-3)c2c([2H])c([2H])c([2H])c([2H])c2[2H])c([2H])c1[2H]. The van der Waals surface area contributed by atoms with E-state index in [-0.39, 0.29) is 31.8 Å². The van der Waals surface area contributed by atoms with E-state index in [9.17, 15) is 11.0 Å². The van der Waals surface area contributed by atoms with Crippen LogP contribution < -0.4 is 31.8 Å². The summed E-state index contributed by atoms with van der Waals surface area (Å²) in [6.07, 6.45) is 0. The molecule has 0 saturated heterocycles. The second-order valence-electron chi connectivity index (χ2n) is 12.4. The Morgan fingerprint density at radius 2 is 0.642 bits per heavy atom. The van der Waals surface area contributed by atoms with Crippen molar-refractivity contribution in [1.29, 1.82) is 0 Å². The predicted molar refractivity (Wildman–Crippen MR) is 232 cm³/mol. The van der Waals surface area contributed by atoms with Crippen molar-refractivity contribution >= 4 is 73.0 Å². The van der Waals surface area contributed by atoms with Gasteiger partial charge in [-0.3, -0.25) is 0 Å². The molecule has 2 aliphatic carbocycles. The van der Waals surface area contributed by atoms with Crippen molar-refractivity contribution in [2.45, 2.75) is 5.41 Å². The van der Waals surface area contributed by atoms with E-state index in [1.54, 1.807) is 36.4 Å². The van der Waals surface area contributed by atoms with Gasteiger partial charge in [-0.2, -0.15) is 0 Å². The molecule has 8 aromatic carbocycles. The second kappa shape index (κ2) is 12.9. The third-order valence-corrected chi connectivity index (χ3v) is 22.7. The van der Waals surface area contributed by atoms with Gasteiger partial charge in [-0.15, -0.1) is 0 Å². The minimum absolute atomic E-state index is 0.251. The second-order valence-corrected chi connectivity index (χ2v) is 24.6. The first-order valence-electron chi connectivity index (χ1n) is 26.3. The predicted octanol–water partition coefficient (Wildman–Crippen LogP) is 8.78. The van der Waals surface area contributed by atoms with Crippen LogP contribution in [-0.2, 0) is 5.41 Å². The van der Waals surface area contributed by atoms with Crippen molar-refractivity contribution in [3.8, 4) is 22.3 Å². The van der Waals surface area contributed by atoms with Gasteiger partial charge in [-0.05, 0) is 0 Å². The van der Waals surface area contributed by atoms with Crippen molar-refractivity contribution in [2.75, 3.05) is 0 Å². The van der Waals surface area contributed by atoms with Crippen molar-refractivity contribution in [3.05, 3.63) is 228 Å². The Labute approximate surface area is 355 Å². The van der Waals surface area contributed by atoms with Gasteiger partial charge in [0.05, 0.1) is 0 Å². The van der Waals surface area contributed by atoms with E-state index < -0.39 is 137 Å². The van der Waals surface area contributed by atoms with Crippen LogP contribution in [0.5, 0.6) is 0 Å². The Morgan fingerprint density at radius 3 is 0.981 bits per heavy atom. The van der Waals surface area contributed by atoms with E-state index in [4.69, 9.17) is 16.4 Å². The van der Waals surface area contributed by atoms with Gasteiger partial charge in [0.25, 0.3) is 0 Å². The number of hydrogen-bond donors (Lipinski definition) is 0. The van der Waals surface area contributed by atoms with E-state index >= 15 is 0 Å². The van der Waals surface area contributed by atoms with Crippen LogP contribution in [0.2, 0.25) is 0 Å². The molecule has 0 radical (unpaired) electrons. The molecule has 0 saturated carbocycles. The minimum atomic E-state index is -4.05. The zero-order chi connectivity index (χ0) is 53.0. The van der Waals surface area contributed by atoms with Crippen LogP contribution >= 0.6 is 11.0 Å². The van der Waals surface area contributed by atoms with Gasteiger partial charge in [0, 0.05) is 0 Å². The molecule has 0 aliphatic heterocycles. The molecule has 0 atom stereocenters. The van der Waals surface area contributed by atoms with E-state index in [2.05, 4.69) is 30.2 Å². The molecule has 0 aromatic heterocycles. The fourth-order valence-electron chi connectivity index (χ4n) is 7.85. The van der Waals surface area contributed by atoms with Gasteiger partial charge in [0.15, 0.2) is 0 Å². The van der Waals surface area contributed by atoms with Crippen molar-refractivity contribution in [3.63, 3.8) is 0 Å². The fourth-order valence-corrected chi connectivity index (χ4v) is 16.0. The molecular formula is C49H34P2Se2. The Bertz CT molecular complexity index is 3450. The molecule has 10 rings (SSSR count). The summed E-state index contributed by atoms with van der Waals surface area (Å²) in [5.41, 5.74) is -3.93. The molecular weight excluding hydrogens is 808 g/mol. The summed E-state index contributed by atoms with van der Waals surface area (Å²) in [7, 11) is 0. The van der Waals surface area contributed by atoms with Crippen LogP contribution in [0.1, 0.15) is 49.7 Å². The summed E-state index contributed by atoms with van der Waals surface area (Å²) in [4.78, 5) is 0. The molecule has 2 aliphatic rings. The maximum atomic E-state index is 9.31. The molecule has 252 valence electrons. The van der Waals surface area contributed by atoms with Gasteiger partial charge in [-0.25, -0.2) is 0 Å². The van der Waals surface area contributed by atoms with E-state index in [1.807, 2.05) is 48.5 Å². The van der Waals surface area contributed by atoms with Gasteiger partial charge >= 0.3 is 356 Å². The van der Waals surface area contributed by atoms with Crippen LogP contribution in [0.3, 0.4) is 0 Å². The van der Waals surface area contributed by atoms with E-state index in [0.29, 0.717) is 22.3 Å². The molecule has 0 fully saturated rings. The van der Waals surface area contributed by atoms with Crippen LogP contribution in [0, 0.1) is 0 Å². The van der Waals surface area contributed by atoms with Crippen LogP contribution in [0.15, 0.2) is 206 Å². The summed E-state index contributed by atoms with van der Waals surface area (Å²) >= 11 is 6.22. The summed E-state index contributed by atoms with van der Waals surface area (Å²) in [6.45, 7) is 0. The van der Waals surface area contributed by atoms with Gasteiger partial charge in [0.1, 0.15) is 0 Å². The van der Waals surface area contributed by atoms with E-state index in [0.717, 1.165) is 22.3 Å². The number of benzene rings is 8. The Balaban J connectivity index is 1.38. The number of hydrogen-bond acceptors (Lipinski definition) is 0. The standard InChI is InChI=1S/C49H34P2Se2/c52-50(35-17-5-1-6-18-35,36-19-7-2-8-20-36)39-29-31-43-44-32-30-40(51(53,37-21-9-3-10-22-37)38-23-11-4-12-24-38)34-48(44)49(47(43)33-39)45-27-15-13-25-41(45)42-26-14-16-28-46(42)49/h1-34H/i1D,2D,3D,4D,5D,6D,7D,8D,9D,10D,11D,12D,17D,18D,19D,20D,21D,22D,23D,24D. The van der Waals surface area contributed by atoms with Crippen molar-refractivity contribution < 1.29 is 27.4 Å². The molecule has 0 unspecified atom stereocenters.